The van der Waals surface area contributed by atoms with Gasteiger partial charge in [0.1, 0.15) is 10.7 Å². The lowest BCUT2D eigenvalue weighted by atomic mass is 9.86. The molecule has 0 aliphatic heterocycles. The zero-order chi connectivity index (χ0) is 18.8. The summed E-state index contributed by atoms with van der Waals surface area (Å²) in [6.45, 7) is 3.84. The molecule has 1 aromatic heterocycles. The molecule has 25 heavy (non-hydrogen) atoms. The van der Waals surface area contributed by atoms with Crippen LogP contribution in [-0.2, 0) is 19.6 Å². The summed E-state index contributed by atoms with van der Waals surface area (Å²) in [6, 6.07) is 0.890. The van der Waals surface area contributed by atoms with Gasteiger partial charge in [0.15, 0.2) is 0 Å². The summed E-state index contributed by atoms with van der Waals surface area (Å²) < 4.78 is 37.2. The van der Waals surface area contributed by atoms with Crippen LogP contribution in [0.15, 0.2) is 15.4 Å². The average molecular weight is 374 g/mol. The number of carboxylic acids is 1. The van der Waals surface area contributed by atoms with Crippen LogP contribution in [0.2, 0.25) is 0 Å². The second-order valence-corrected chi connectivity index (χ2v) is 7.61. The zero-order valence-corrected chi connectivity index (χ0v) is 15.1. The number of esters is 1. The van der Waals surface area contributed by atoms with E-state index in [-0.39, 0.29) is 35.0 Å². The number of nitrogens with zero attached hydrogens (tertiary/aromatic N) is 1. The molecule has 9 nitrogen and oxygen atoms in total. The molecule has 140 valence electrons. The minimum Gasteiger partial charge on any atom is -0.480 e. The molecule has 1 saturated carbocycles. The van der Waals surface area contributed by atoms with Crippen LogP contribution < -0.4 is 4.72 Å². The number of ether oxygens (including phenoxy) is 1. The lowest BCUT2D eigenvalue weighted by Gasteiger charge is -2.42. The number of carbonyl (C=O) groups excluding carboxylic acids is 1. The van der Waals surface area contributed by atoms with Gasteiger partial charge in [-0.05, 0) is 26.3 Å². The van der Waals surface area contributed by atoms with Crippen molar-refractivity contribution in [2.24, 2.45) is 0 Å². The van der Waals surface area contributed by atoms with Crippen molar-refractivity contribution in [3.8, 4) is 0 Å². The fraction of sp³-hybridized carbons (Fsp3) is 0.600. The summed E-state index contributed by atoms with van der Waals surface area (Å²) in [4.78, 5) is 24.0. The van der Waals surface area contributed by atoms with Crippen LogP contribution in [0.5, 0.6) is 0 Å². The van der Waals surface area contributed by atoms with E-state index in [2.05, 4.69) is 9.46 Å². The van der Waals surface area contributed by atoms with Gasteiger partial charge < -0.3 is 14.3 Å². The first-order valence-corrected chi connectivity index (χ1v) is 9.33. The highest BCUT2D eigenvalue weighted by Gasteiger charge is 2.37. The van der Waals surface area contributed by atoms with E-state index in [4.69, 9.17) is 9.52 Å². The summed E-state index contributed by atoms with van der Waals surface area (Å²) in [5, 5.41) is 8.88. The molecule has 0 radical (unpaired) electrons. The Bertz CT molecular complexity index is 750. The van der Waals surface area contributed by atoms with Gasteiger partial charge in [-0.2, -0.15) is 0 Å². The van der Waals surface area contributed by atoms with Crippen LogP contribution in [0, 0.1) is 6.92 Å². The molecule has 1 aliphatic rings. The number of sulfonamides is 1. The van der Waals surface area contributed by atoms with E-state index in [0.29, 0.717) is 19.4 Å². The highest BCUT2D eigenvalue weighted by molar-refractivity contribution is 7.89. The average Bonchev–Trinajstić information content (AvgIpc) is 2.90. The molecule has 0 saturated heterocycles. The van der Waals surface area contributed by atoms with E-state index in [1.165, 1.54) is 14.0 Å². The standard InChI is InChI=1S/C15H22N2O7S/c1-4-17(8-14(18)19)11-5-10(6-11)16-25(21,22)13-7-12(15(20)23-3)24-9(13)2/h7,10-11,16H,4-6,8H2,1-3H3,(H,18,19). The van der Waals surface area contributed by atoms with Gasteiger partial charge in [-0.15, -0.1) is 0 Å². The van der Waals surface area contributed by atoms with Gasteiger partial charge >= 0.3 is 11.9 Å². The Balaban J connectivity index is 2.01. The van der Waals surface area contributed by atoms with E-state index in [0.717, 1.165) is 6.07 Å². The lowest BCUT2D eigenvalue weighted by molar-refractivity contribution is -0.139. The quantitative estimate of drug-likeness (QED) is 0.633. The van der Waals surface area contributed by atoms with Gasteiger partial charge in [0.2, 0.25) is 15.8 Å². The second-order valence-electron chi connectivity index (χ2n) is 5.92. The predicted molar refractivity (Wildman–Crippen MR) is 86.8 cm³/mol. The molecular weight excluding hydrogens is 352 g/mol. The molecule has 1 fully saturated rings. The predicted octanol–water partition coefficient (Wildman–Crippen LogP) is 0.590. The minimum atomic E-state index is -3.84. The third-order valence-corrected chi connectivity index (χ3v) is 5.87. The van der Waals surface area contributed by atoms with Crippen LogP contribution in [-0.4, -0.2) is 62.6 Å². The molecule has 1 aromatic rings. The van der Waals surface area contributed by atoms with E-state index in [1.807, 2.05) is 6.92 Å². The van der Waals surface area contributed by atoms with Crippen molar-refractivity contribution in [2.75, 3.05) is 20.2 Å². The normalized spacial score (nSPS) is 20.3. The first kappa shape index (κ1) is 19.4. The number of rotatable bonds is 8. The van der Waals surface area contributed by atoms with Gasteiger partial charge in [0, 0.05) is 18.2 Å². The highest BCUT2D eigenvalue weighted by Crippen LogP contribution is 2.28. The maximum atomic E-state index is 12.5. The van der Waals surface area contributed by atoms with Crippen LogP contribution in [0.4, 0.5) is 0 Å². The number of hydrogen-bond donors (Lipinski definition) is 2. The molecule has 0 amide bonds. The van der Waals surface area contributed by atoms with Gasteiger partial charge in [-0.1, -0.05) is 6.92 Å². The Hall–Kier alpha value is -1.91. The number of nitrogens with one attached hydrogen (secondary N) is 1. The fourth-order valence-corrected chi connectivity index (χ4v) is 4.31. The van der Waals surface area contributed by atoms with E-state index < -0.39 is 22.0 Å². The van der Waals surface area contributed by atoms with Crippen LogP contribution in [0.1, 0.15) is 36.1 Å². The molecule has 0 unspecified atom stereocenters. The monoisotopic (exact) mass is 374 g/mol. The number of methoxy groups -OCH3 is 1. The molecule has 0 atom stereocenters. The Labute approximate surface area is 146 Å². The van der Waals surface area contributed by atoms with Crippen molar-refractivity contribution in [2.45, 2.75) is 43.7 Å². The van der Waals surface area contributed by atoms with Crippen molar-refractivity contribution in [1.29, 1.82) is 0 Å². The first-order chi connectivity index (χ1) is 11.7. The molecule has 10 heteroatoms. The molecule has 1 heterocycles. The third kappa shape index (κ3) is 4.39. The van der Waals surface area contributed by atoms with Gasteiger partial charge in [0.05, 0.1) is 13.7 Å². The molecule has 2 rings (SSSR count). The van der Waals surface area contributed by atoms with E-state index >= 15 is 0 Å². The summed E-state index contributed by atoms with van der Waals surface area (Å²) in [5.74, 6) is -1.73. The number of carbonyl (C=O) groups is 2. The smallest absolute Gasteiger partial charge is 0.373 e. The number of furan rings is 1. The van der Waals surface area contributed by atoms with Crippen LogP contribution >= 0.6 is 0 Å². The van der Waals surface area contributed by atoms with Gasteiger partial charge in [-0.25, -0.2) is 17.9 Å². The number of aliphatic carboxylic acids is 1. The minimum absolute atomic E-state index is 0.0323. The molecule has 0 bridgehead atoms. The number of hydrogen-bond acceptors (Lipinski definition) is 7. The van der Waals surface area contributed by atoms with Crippen molar-refractivity contribution in [1.82, 2.24) is 9.62 Å². The summed E-state index contributed by atoms with van der Waals surface area (Å²) >= 11 is 0. The topological polar surface area (TPSA) is 126 Å². The second kappa shape index (κ2) is 7.54. The van der Waals surface area contributed by atoms with Crippen LogP contribution in [0.25, 0.3) is 0 Å². The maximum absolute atomic E-state index is 12.5. The SMILES string of the molecule is CCN(CC(=O)O)C1CC(NS(=O)(=O)c2cc(C(=O)OC)oc2C)C1. The van der Waals surface area contributed by atoms with Crippen LogP contribution in [0.3, 0.4) is 0 Å². The van der Waals surface area contributed by atoms with Crippen molar-refractivity contribution < 1.29 is 32.3 Å². The number of aryl methyl sites for hydroxylation is 1. The molecule has 2 N–H and O–H groups in total. The van der Waals surface area contributed by atoms with Crippen molar-refractivity contribution in [3.63, 3.8) is 0 Å². The lowest BCUT2D eigenvalue weighted by Crippen LogP contribution is -2.54. The summed E-state index contributed by atoms with van der Waals surface area (Å²) in [5.41, 5.74) is 0. The van der Waals surface area contributed by atoms with Gasteiger partial charge in [-0.3, -0.25) is 9.69 Å². The molecule has 0 aromatic carbocycles. The molecule has 1 aliphatic carbocycles. The summed E-state index contributed by atoms with van der Waals surface area (Å²) in [6.07, 6.45) is 1.06. The Morgan fingerprint density at radius 3 is 2.60 bits per heavy atom. The Morgan fingerprint density at radius 1 is 1.44 bits per heavy atom. The molecular formula is C15H22N2O7S. The van der Waals surface area contributed by atoms with Crippen molar-refractivity contribution >= 4 is 22.0 Å². The number of likely N-dealkylation sites (N-methyl/N-ethyl adjacent to an activating group) is 1. The van der Waals surface area contributed by atoms with Gasteiger partial charge in [0.25, 0.3) is 0 Å². The number of carboxylic acid groups (broad SMARTS) is 1. The highest BCUT2D eigenvalue weighted by atomic mass is 32.2. The Kier molecular flexibility index (Phi) is 5.86. The first-order valence-electron chi connectivity index (χ1n) is 7.84. The summed E-state index contributed by atoms with van der Waals surface area (Å²) in [7, 11) is -2.66. The van der Waals surface area contributed by atoms with Crippen molar-refractivity contribution in [3.05, 3.63) is 17.6 Å². The Morgan fingerprint density at radius 2 is 2.08 bits per heavy atom. The maximum Gasteiger partial charge on any atom is 0.373 e. The van der Waals surface area contributed by atoms with E-state index in [9.17, 15) is 18.0 Å². The fourth-order valence-electron chi connectivity index (χ4n) is 2.87. The van der Waals surface area contributed by atoms with E-state index in [1.54, 1.807) is 4.90 Å². The largest absolute Gasteiger partial charge is 0.480 e. The zero-order valence-electron chi connectivity index (χ0n) is 14.3. The molecule has 0 spiro atoms. The third-order valence-electron chi connectivity index (χ3n) is 4.24.